The van der Waals surface area contributed by atoms with Crippen molar-refractivity contribution in [1.29, 1.82) is 0 Å². The van der Waals surface area contributed by atoms with Gasteiger partial charge >= 0.3 is 0 Å². The van der Waals surface area contributed by atoms with Crippen molar-refractivity contribution in [3.8, 4) is 0 Å². The molecule has 2 aromatic rings. The fraction of sp³-hybridized carbons (Fsp3) is 0.333. The Labute approximate surface area is 98.9 Å². The highest BCUT2D eigenvalue weighted by Crippen LogP contribution is 2.23. The molecule has 4 heteroatoms. The molecule has 0 fully saturated rings. The summed E-state index contributed by atoms with van der Waals surface area (Å²) < 4.78 is 3.76. The summed E-state index contributed by atoms with van der Waals surface area (Å²) in [7, 11) is 0. The molecule has 84 valence electrons. The Morgan fingerprint density at radius 2 is 2.00 bits per heavy atom. The van der Waals surface area contributed by atoms with Gasteiger partial charge in [0, 0.05) is 6.42 Å². The Morgan fingerprint density at radius 1 is 1.31 bits per heavy atom. The fourth-order valence-corrected chi connectivity index (χ4v) is 2.27. The highest BCUT2D eigenvalue weighted by Gasteiger charge is 2.13. The Balaban J connectivity index is 2.21. The summed E-state index contributed by atoms with van der Waals surface area (Å²) in [5.74, 6) is 0. The summed E-state index contributed by atoms with van der Waals surface area (Å²) in [6, 6.07) is 6.18. The molecular weight excluding hydrogens is 220 g/mol. The van der Waals surface area contributed by atoms with Crippen molar-refractivity contribution < 1.29 is 5.11 Å². The Hall–Kier alpha value is -1.26. The van der Waals surface area contributed by atoms with Crippen LogP contribution in [0.25, 0.3) is 0 Å². The van der Waals surface area contributed by atoms with Gasteiger partial charge in [-0.2, -0.15) is 0 Å². The molecule has 0 spiro atoms. The van der Waals surface area contributed by atoms with Crippen molar-refractivity contribution in [1.82, 2.24) is 9.59 Å². The average Bonchev–Trinajstić information content (AvgIpc) is 2.76. The summed E-state index contributed by atoms with van der Waals surface area (Å²) in [5, 5.41) is 13.8. The first-order valence-electron chi connectivity index (χ1n) is 5.19. The molecular formula is C12H14N2OS. The average molecular weight is 234 g/mol. The van der Waals surface area contributed by atoms with Crippen LogP contribution in [0.5, 0.6) is 0 Å². The lowest BCUT2D eigenvalue weighted by Crippen LogP contribution is -2.03. The molecule has 1 unspecified atom stereocenters. The highest BCUT2D eigenvalue weighted by atomic mass is 32.1. The molecule has 0 bridgehead atoms. The van der Waals surface area contributed by atoms with Gasteiger partial charge in [0.25, 0.3) is 0 Å². The predicted octanol–water partition coefficient (Wildman–Crippen LogP) is 2.43. The maximum Gasteiger partial charge on any atom is 0.0954 e. The second kappa shape index (κ2) is 4.72. The topological polar surface area (TPSA) is 46.0 Å². The third-order valence-electron chi connectivity index (χ3n) is 2.75. The van der Waals surface area contributed by atoms with Crippen LogP contribution in [0.15, 0.2) is 24.4 Å². The molecule has 1 N–H and O–H groups in total. The Kier molecular flexibility index (Phi) is 3.31. The van der Waals surface area contributed by atoms with Crippen LogP contribution >= 0.6 is 11.5 Å². The van der Waals surface area contributed by atoms with E-state index in [1.165, 1.54) is 28.2 Å². The van der Waals surface area contributed by atoms with Crippen molar-refractivity contribution in [2.45, 2.75) is 26.4 Å². The van der Waals surface area contributed by atoms with Crippen LogP contribution in [0, 0.1) is 13.8 Å². The normalized spacial score (nSPS) is 12.7. The van der Waals surface area contributed by atoms with E-state index in [-0.39, 0.29) is 0 Å². The molecule has 1 aromatic heterocycles. The van der Waals surface area contributed by atoms with Gasteiger partial charge in [-0.05, 0) is 42.1 Å². The molecule has 16 heavy (non-hydrogen) atoms. The van der Waals surface area contributed by atoms with E-state index in [1.54, 1.807) is 6.20 Å². The SMILES string of the molecule is Cc1cccc(C)c1CC(O)c1cnns1. The van der Waals surface area contributed by atoms with Crippen molar-refractivity contribution in [3.05, 3.63) is 46.0 Å². The van der Waals surface area contributed by atoms with Crippen molar-refractivity contribution >= 4 is 11.5 Å². The van der Waals surface area contributed by atoms with Gasteiger partial charge in [0.15, 0.2) is 0 Å². The highest BCUT2D eigenvalue weighted by molar-refractivity contribution is 7.05. The maximum atomic E-state index is 10.0. The largest absolute Gasteiger partial charge is 0.387 e. The number of aryl methyl sites for hydroxylation is 2. The molecule has 2 rings (SSSR count). The Morgan fingerprint density at radius 3 is 2.56 bits per heavy atom. The van der Waals surface area contributed by atoms with Crippen LogP contribution in [0.4, 0.5) is 0 Å². The zero-order valence-corrected chi connectivity index (χ0v) is 10.2. The lowest BCUT2D eigenvalue weighted by molar-refractivity contribution is 0.181. The van der Waals surface area contributed by atoms with Gasteiger partial charge in [0.1, 0.15) is 0 Å². The molecule has 0 aliphatic carbocycles. The summed E-state index contributed by atoms with van der Waals surface area (Å²) >= 11 is 1.25. The van der Waals surface area contributed by atoms with Gasteiger partial charge in [-0.3, -0.25) is 0 Å². The first kappa shape index (κ1) is 11.2. The number of nitrogens with zero attached hydrogens (tertiary/aromatic N) is 2. The second-order valence-electron chi connectivity index (χ2n) is 3.91. The summed E-state index contributed by atoms with van der Waals surface area (Å²) in [6.07, 6.45) is 1.76. The molecule has 0 aliphatic rings. The quantitative estimate of drug-likeness (QED) is 0.887. The molecule has 0 saturated carbocycles. The van der Waals surface area contributed by atoms with Gasteiger partial charge < -0.3 is 5.11 Å². The molecule has 0 saturated heterocycles. The van der Waals surface area contributed by atoms with Crippen molar-refractivity contribution in [3.63, 3.8) is 0 Å². The minimum atomic E-state index is -0.500. The number of rotatable bonds is 3. The van der Waals surface area contributed by atoms with Gasteiger partial charge in [-0.25, -0.2) is 0 Å². The standard InChI is InChI=1S/C12H14N2OS/c1-8-4-3-5-9(2)10(8)6-11(15)12-7-13-14-16-12/h3-5,7,11,15H,6H2,1-2H3. The predicted molar refractivity (Wildman–Crippen MR) is 64.5 cm³/mol. The van der Waals surface area contributed by atoms with E-state index in [9.17, 15) is 5.11 Å². The van der Waals surface area contributed by atoms with Crippen LogP contribution < -0.4 is 0 Å². The van der Waals surface area contributed by atoms with Crippen molar-refractivity contribution in [2.75, 3.05) is 0 Å². The second-order valence-corrected chi connectivity index (χ2v) is 4.73. The number of benzene rings is 1. The van der Waals surface area contributed by atoms with Gasteiger partial charge in [-0.1, -0.05) is 22.7 Å². The maximum absolute atomic E-state index is 10.0. The van der Waals surface area contributed by atoms with Gasteiger partial charge in [0.05, 0.1) is 17.2 Å². The lowest BCUT2D eigenvalue weighted by Gasteiger charge is -2.12. The van der Waals surface area contributed by atoms with E-state index in [4.69, 9.17) is 0 Å². The minimum Gasteiger partial charge on any atom is -0.387 e. The van der Waals surface area contributed by atoms with Crippen LogP contribution in [0.2, 0.25) is 0 Å². The molecule has 1 aromatic carbocycles. The van der Waals surface area contributed by atoms with E-state index in [0.717, 1.165) is 4.88 Å². The third-order valence-corrected chi connectivity index (χ3v) is 3.51. The van der Waals surface area contributed by atoms with Crippen LogP contribution in [0.1, 0.15) is 27.7 Å². The van der Waals surface area contributed by atoms with Crippen LogP contribution in [-0.2, 0) is 6.42 Å². The first-order chi connectivity index (χ1) is 7.68. The molecule has 1 heterocycles. The summed E-state index contributed by atoms with van der Waals surface area (Å²) in [4.78, 5) is 0.822. The monoisotopic (exact) mass is 234 g/mol. The molecule has 0 radical (unpaired) electrons. The van der Waals surface area contributed by atoms with Crippen LogP contribution in [0.3, 0.4) is 0 Å². The van der Waals surface area contributed by atoms with E-state index >= 15 is 0 Å². The zero-order valence-electron chi connectivity index (χ0n) is 9.34. The summed E-state index contributed by atoms with van der Waals surface area (Å²) in [5.41, 5.74) is 3.65. The van der Waals surface area contributed by atoms with Crippen molar-refractivity contribution in [2.24, 2.45) is 0 Å². The van der Waals surface area contributed by atoms with Crippen LogP contribution in [-0.4, -0.2) is 14.7 Å². The first-order valence-corrected chi connectivity index (χ1v) is 5.96. The van der Waals surface area contributed by atoms with E-state index in [2.05, 4.69) is 35.6 Å². The van der Waals surface area contributed by atoms with E-state index in [0.29, 0.717) is 6.42 Å². The number of aliphatic hydroxyl groups excluding tert-OH is 1. The molecule has 0 aliphatic heterocycles. The zero-order chi connectivity index (χ0) is 11.5. The number of hydrogen-bond donors (Lipinski definition) is 1. The number of aromatic nitrogens is 2. The third kappa shape index (κ3) is 2.28. The van der Waals surface area contributed by atoms with E-state index < -0.39 is 6.10 Å². The van der Waals surface area contributed by atoms with E-state index in [1.807, 2.05) is 6.07 Å². The molecule has 1 atom stereocenters. The number of aliphatic hydroxyl groups is 1. The fourth-order valence-electron chi connectivity index (χ4n) is 1.79. The lowest BCUT2D eigenvalue weighted by atomic mass is 9.97. The molecule has 3 nitrogen and oxygen atoms in total. The van der Waals surface area contributed by atoms with Gasteiger partial charge in [-0.15, -0.1) is 5.10 Å². The molecule has 0 amide bonds. The Bertz CT molecular complexity index is 448. The minimum absolute atomic E-state index is 0.500. The summed E-state index contributed by atoms with van der Waals surface area (Å²) in [6.45, 7) is 4.14. The number of hydrogen-bond acceptors (Lipinski definition) is 4. The van der Waals surface area contributed by atoms with Gasteiger partial charge in [0.2, 0.25) is 0 Å². The smallest absolute Gasteiger partial charge is 0.0954 e.